The number of hydrogen-bond donors (Lipinski definition) is 3. The third-order valence-corrected chi connectivity index (χ3v) is 6.78. The first-order valence-electron chi connectivity index (χ1n) is 9.95. The molecule has 0 spiro atoms. The molecule has 2 heterocycles. The van der Waals surface area contributed by atoms with Gasteiger partial charge in [-0.3, -0.25) is 0 Å². The number of alkyl halides is 2. The van der Waals surface area contributed by atoms with Gasteiger partial charge >= 0.3 is 5.97 Å². The molecule has 4 atom stereocenters. The second-order valence-electron chi connectivity index (χ2n) is 8.75. The highest BCUT2D eigenvalue weighted by Crippen LogP contribution is 2.47. The Hall–Kier alpha value is -1.53. The van der Waals surface area contributed by atoms with Crippen LogP contribution in [0.25, 0.3) is 0 Å². The maximum atomic E-state index is 13.7. The normalized spacial score (nSPS) is 34.3. The first-order valence-corrected chi connectivity index (χ1v) is 9.95. The first-order chi connectivity index (χ1) is 12.8. The maximum Gasteiger partial charge on any atom is 0.340 e. The Bertz CT molecular complexity index is 713. The van der Waals surface area contributed by atoms with Gasteiger partial charge in [-0.05, 0) is 55.6 Å². The van der Waals surface area contributed by atoms with Crippen molar-refractivity contribution in [3.05, 3.63) is 35.4 Å². The van der Waals surface area contributed by atoms with Gasteiger partial charge in [0.05, 0.1) is 0 Å². The van der Waals surface area contributed by atoms with Crippen LogP contribution in [0.5, 0.6) is 0 Å². The van der Waals surface area contributed by atoms with E-state index in [0.717, 1.165) is 24.8 Å². The summed E-state index contributed by atoms with van der Waals surface area (Å²) in [6.45, 7) is 0. The van der Waals surface area contributed by atoms with Crippen LogP contribution >= 0.6 is 0 Å². The van der Waals surface area contributed by atoms with Gasteiger partial charge in [-0.25, -0.2) is 13.6 Å². The van der Waals surface area contributed by atoms with Crippen LogP contribution in [0.15, 0.2) is 24.3 Å². The van der Waals surface area contributed by atoms with E-state index in [-0.39, 0.29) is 18.4 Å². The lowest BCUT2D eigenvalue weighted by Crippen LogP contribution is -2.42. The van der Waals surface area contributed by atoms with Crippen LogP contribution in [-0.4, -0.2) is 34.2 Å². The van der Waals surface area contributed by atoms with Crippen molar-refractivity contribution in [2.24, 2.45) is 11.8 Å². The topological polar surface area (TPSA) is 69.6 Å². The van der Waals surface area contributed by atoms with E-state index in [2.05, 4.69) is 5.32 Å². The molecule has 0 radical (unpaired) electrons. The molecule has 3 N–H and O–H groups in total. The highest BCUT2D eigenvalue weighted by atomic mass is 19.3. The summed E-state index contributed by atoms with van der Waals surface area (Å²) >= 11 is 0. The second kappa shape index (κ2) is 6.82. The van der Waals surface area contributed by atoms with Crippen LogP contribution in [0.1, 0.15) is 56.1 Å². The largest absolute Gasteiger partial charge is 0.479 e. The quantitative estimate of drug-likeness (QED) is 0.733. The minimum atomic E-state index is -2.90. The number of aliphatic carboxylic acids is 1. The van der Waals surface area contributed by atoms with Crippen molar-refractivity contribution in [2.45, 2.75) is 75.0 Å². The molecule has 1 aliphatic carbocycles. The molecule has 6 heteroatoms. The van der Waals surface area contributed by atoms with Gasteiger partial charge < -0.3 is 15.5 Å². The molecule has 0 amide bonds. The van der Waals surface area contributed by atoms with Gasteiger partial charge in [0, 0.05) is 30.8 Å². The summed E-state index contributed by atoms with van der Waals surface area (Å²) in [5, 5.41) is 24.3. The standard InChI is InChI=1S/C21H27F2NO3/c22-20(23)7-6-16(12-20)21(27,19(25)26)15-3-1-2-13(9-15)8-14-10-17-4-5-18(11-14)24-17/h1-3,9,14,16-18,24,27H,4-8,10-12H2,(H,25,26)/t14?,16-,17?,18?,21+/m1/s1. The molecule has 2 bridgehead atoms. The molecule has 1 aromatic carbocycles. The summed E-state index contributed by atoms with van der Waals surface area (Å²) in [6.07, 6.45) is 4.54. The number of hydrogen-bond acceptors (Lipinski definition) is 3. The van der Waals surface area contributed by atoms with Crippen molar-refractivity contribution >= 4 is 5.97 Å². The Balaban J connectivity index is 1.55. The van der Waals surface area contributed by atoms with Crippen LogP contribution in [0, 0.1) is 11.8 Å². The SMILES string of the molecule is O=C(O)[C@](O)(c1cccc(CC2CC3CCC(C2)N3)c1)[C@@H]1CCC(F)(F)C1. The molecule has 0 aromatic heterocycles. The number of carbonyl (C=O) groups is 1. The van der Waals surface area contributed by atoms with Crippen molar-refractivity contribution in [2.75, 3.05) is 0 Å². The van der Waals surface area contributed by atoms with Gasteiger partial charge in [-0.15, -0.1) is 0 Å². The van der Waals surface area contributed by atoms with Gasteiger partial charge in [0.15, 0.2) is 5.60 Å². The number of carboxylic acid groups (broad SMARTS) is 1. The number of carboxylic acids is 1. The number of nitrogens with one attached hydrogen (secondary N) is 1. The Labute approximate surface area is 158 Å². The summed E-state index contributed by atoms with van der Waals surface area (Å²) in [7, 11) is 0. The Morgan fingerprint density at radius 3 is 2.52 bits per heavy atom. The Morgan fingerprint density at radius 1 is 1.22 bits per heavy atom. The minimum Gasteiger partial charge on any atom is -0.479 e. The van der Waals surface area contributed by atoms with E-state index in [9.17, 15) is 23.8 Å². The Kier molecular flexibility index (Phi) is 4.75. The lowest BCUT2D eigenvalue weighted by atomic mass is 9.78. The maximum absolute atomic E-state index is 13.7. The third-order valence-electron chi connectivity index (χ3n) is 6.78. The third kappa shape index (κ3) is 3.61. The zero-order valence-electron chi connectivity index (χ0n) is 15.3. The average Bonchev–Trinajstić information content (AvgIpc) is 3.15. The lowest BCUT2D eigenvalue weighted by molar-refractivity contribution is -0.167. The van der Waals surface area contributed by atoms with Gasteiger partial charge in [0.1, 0.15) is 0 Å². The fraction of sp³-hybridized carbons (Fsp3) is 0.667. The van der Waals surface area contributed by atoms with E-state index in [1.165, 1.54) is 12.8 Å². The molecule has 4 rings (SSSR count). The van der Waals surface area contributed by atoms with Crippen molar-refractivity contribution < 1.29 is 23.8 Å². The summed E-state index contributed by atoms with van der Waals surface area (Å²) in [4.78, 5) is 11.9. The molecule has 3 aliphatic rings. The van der Waals surface area contributed by atoms with Gasteiger partial charge in [0.25, 0.3) is 0 Å². The van der Waals surface area contributed by atoms with E-state index in [1.54, 1.807) is 18.2 Å². The lowest BCUT2D eigenvalue weighted by Gasteiger charge is -2.31. The van der Waals surface area contributed by atoms with E-state index in [0.29, 0.717) is 18.0 Å². The zero-order valence-corrected chi connectivity index (χ0v) is 15.3. The second-order valence-corrected chi connectivity index (χ2v) is 8.75. The fourth-order valence-corrected chi connectivity index (χ4v) is 5.45. The van der Waals surface area contributed by atoms with Crippen molar-refractivity contribution in [3.63, 3.8) is 0 Å². The molecule has 1 aromatic rings. The van der Waals surface area contributed by atoms with Gasteiger partial charge in [0.2, 0.25) is 5.92 Å². The van der Waals surface area contributed by atoms with Crippen molar-refractivity contribution in [1.82, 2.24) is 5.32 Å². The average molecular weight is 379 g/mol. The van der Waals surface area contributed by atoms with Gasteiger partial charge in [-0.1, -0.05) is 24.3 Å². The molecule has 2 unspecified atom stereocenters. The molecular weight excluding hydrogens is 352 g/mol. The molecule has 3 fully saturated rings. The van der Waals surface area contributed by atoms with E-state index in [1.807, 2.05) is 6.07 Å². The van der Waals surface area contributed by atoms with Crippen LogP contribution in [0.4, 0.5) is 8.78 Å². The smallest absolute Gasteiger partial charge is 0.340 e. The molecule has 2 aliphatic heterocycles. The Morgan fingerprint density at radius 2 is 1.93 bits per heavy atom. The summed E-state index contributed by atoms with van der Waals surface area (Å²) in [6, 6.07) is 8.11. The predicted octanol–water partition coefficient (Wildman–Crippen LogP) is 3.47. The van der Waals surface area contributed by atoms with Crippen LogP contribution in [0.2, 0.25) is 0 Å². The number of aliphatic hydroxyl groups is 1. The number of fused-ring (bicyclic) bond motifs is 2. The molecule has 1 saturated carbocycles. The van der Waals surface area contributed by atoms with Crippen molar-refractivity contribution in [3.8, 4) is 0 Å². The van der Waals surface area contributed by atoms with E-state index >= 15 is 0 Å². The zero-order chi connectivity index (χ0) is 19.2. The summed E-state index contributed by atoms with van der Waals surface area (Å²) in [5.74, 6) is -4.79. The molecule has 2 saturated heterocycles. The summed E-state index contributed by atoms with van der Waals surface area (Å²) < 4.78 is 27.3. The number of benzene rings is 1. The highest BCUT2D eigenvalue weighted by molar-refractivity contribution is 5.79. The van der Waals surface area contributed by atoms with Crippen LogP contribution in [-0.2, 0) is 16.8 Å². The van der Waals surface area contributed by atoms with Crippen LogP contribution < -0.4 is 5.32 Å². The molecule has 148 valence electrons. The molecule has 4 nitrogen and oxygen atoms in total. The summed E-state index contributed by atoms with van der Waals surface area (Å²) in [5.41, 5.74) is -1.06. The van der Waals surface area contributed by atoms with E-state index in [4.69, 9.17) is 0 Å². The fourth-order valence-electron chi connectivity index (χ4n) is 5.45. The van der Waals surface area contributed by atoms with E-state index < -0.39 is 29.8 Å². The molecule has 27 heavy (non-hydrogen) atoms. The predicted molar refractivity (Wildman–Crippen MR) is 96.6 cm³/mol. The monoisotopic (exact) mass is 379 g/mol. The highest BCUT2D eigenvalue weighted by Gasteiger charge is 2.53. The number of halogens is 2. The van der Waals surface area contributed by atoms with Gasteiger partial charge in [-0.2, -0.15) is 0 Å². The number of rotatable bonds is 5. The number of piperidine rings is 1. The minimum absolute atomic E-state index is 0.0116. The molecular formula is C21H27F2NO3. The van der Waals surface area contributed by atoms with Crippen LogP contribution in [0.3, 0.4) is 0 Å². The van der Waals surface area contributed by atoms with Crippen molar-refractivity contribution in [1.29, 1.82) is 0 Å². The first kappa shape index (κ1) is 18.8.